The van der Waals surface area contributed by atoms with Crippen LogP contribution in [0.3, 0.4) is 0 Å². The van der Waals surface area contributed by atoms with Crippen LogP contribution in [0.25, 0.3) is 0 Å². The molecule has 0 fully saturated rings. The van der Waals surface area contributed by atoms with E-state index in [2.05, 4.69) is 110 Å². The Hall–Kier alpha value is -2.48. The smallest absolute Gasteiger partial charge is 0.417 e. The van der Waals surface area contributed by atoms with E-state index in [4.69, 9.17) is 38.4 Å². The summed E-state index contributed by atoms with van der Waals surface area (Å²) in [7, 11) is -2.94. The third-order valence-electron chi connectivity index (χ3n) is 14.5. The Bertz CT molecular complexity index is 2200. The third-order valence-corrected chi connectivity index (χ3v) is 29.2. The maximum atomic E-state index is 15.3. The number of hydrogen-bond donors (Lipinski definition) is 2. The predicted molar refractivity (Wildman–Crippen MR) is 331 cm³/mol. The molecule has 76 heavy (non-hydrogen) atoms. The topological polar surface area (TPSA) is 254 Å². The Morgan fingerprint density at radius 2 is 0.855 bits per heavy atom. The zero-order chi connectivity index (χ0) is 54.3. The van der Waals surface area contributed by atoms with Crippen LogP contribution in [0.5, 0.6) is 0 Å². The normalized spacial score (nSPS) is 24.3. The van der Waals surface area contributed by atoms with E-state index in [1.165, 1.54) is 21.9 Å². The molecule has 0 unspecified atom stereocenters. The molecule has 16 nitrogen and oxygen atoms in total. The molecule has 0 bridgehead atoms. The number of benzene rings is 2. The number of rotatable bonds is 12. The molecule has 0 radical (unpaired) electrons. The van der Waals surface area contributed by atoms with Gasteiger partial charge in [0.25, 0.3) is 0 Å². The van der Waals surface area contributed by atoms with E-state index in [9.17, 15) is 9.59 Å². The second-order valence-corrected chi connectivity index (χ2v) is 49.7. The first-order valence-corrected chi connectivity index (χ1v) is 33.5. The molecule has 0 saturated heterocycles. The number of ether oxygens (including phenoxy) is 6. The third kappa shape index (κ3) is 17.8. The molecule has 452 valence electrons. The number of amides is 2. The molecule has 2 aromatic carbocycles. The first-order chi connectivity index (χ1) is 31.1. The number of halogens is 4. The van der Waals surface area contributed by atoms with Crippen molar-refractivity contribution in [2.75, 3.05) is 116 Å². The molecule has 2 aliphatic rings. The van der Waals surface area contributed by atoms with E-state index in [-0.39, 0.29) is 63.2 Å². The number of hydrogen-bond acceptors (Lipinski definition) is 12. The molecule has 2 amide bonds. The van der Waals surface area contributed by atoms with Gasteiger partial charge in [-0.25, -0.2) is 28.2 Å². The second kappa shape index (κ2) is 25.1. The summed E-state index contributed by atoms with van der Waals surface area (Å²) in [6, 6.07) is 9.85. The minimum atomic E-state index is -3.06. The molecule has 0 saturated carbocycles. The quantitative estimate of drug-likeness (QED) is 0.150. The molecule has 0 aromatic heterocycles. The molecule has 22 heteroatoms. The summed E-state index contributed by atoms with van der Waals surface area (Å²) >= 11 is 6.98. The average molecular weight is 1260 g/mol. The van der Waals surface area contributed by atoms with Crippen molar-refractivity contribution in [3.63, 3.8) is 0 Å². The van der Waals surface area contributed by atoms with Gasteiger partial charge in [0.05, 0.1) is 37.5 Å². The van der Waals surface area contributed by atoms with Gasteiger partial charge in [0.15, 0.2) is 0 Å². The lowest BCUT2D eigenvalue weighted by molar-refractivity contribution is -0.00391. The van der Waals surface area contributed by atoms with E-state index < -0.39 is 60.5 Å². The van der Waals surface area contributed by atoms with Gasteiger partial charge in [-0.15, -0.1) is 0 Å². The van der Waals surface area contributed by atoms with Crippen LogP contribution >= 0.6 is 48.4 Å². The number of carbonyl (C=O) groups is 2. The fourth-order valence-electron chi connectivity index (χ4n) is 9.05. The van der Waals surface area contributed by atoms with E-state index >= 15 is 8.78 Å². The highest BCUT2D eigenvalue weighted by molar-refractivity contribution is 9.10. The number of nitrogens with zero attached hydrogens (tertiary/aromatic N) is 4. The van der Waals surface area contributed by atoms with Gasteiger partial charge in [-0.05, 0) is 181 Å². The number of carbonyl (C=O) groups excluding carboxylic acids is 2. The minimum Gasteiger partial charge on any atom is -0.443 e. The molecule has 4 rings (SSSR count). The molecule has 0 aliphatic carbocycles. The maximum absolute atomic E-state index is 15.3. The zero-order valence-corrected chi connectivity index (χ0v) is 53.7. The fourth-order valence-corrected chi connectivity index (χ4v) is 18.0. The van der Waals surface area contributed by atoms with Gasteiger partial charge in [0, 0.05) is 43.8 Å². The number of aliphatic imine (C=N–C) groups is 2. The van der Waals surface area contributed by atoms with Crippen molar-refractivity contribution < 1.29 is 57.7 Å². The Kier molecular flexibility index (Phi) is 26.4. The van der Waals surface area contributed by atoms with Crippen LogP contribution in [0.1, 0.15) is 109 Å². The van der Waals surface area contributed by atoms with Crippen molar-refractivity contribution in [2.45, 2.75) is 130 Å². The van der Waals surface area contributed by atoms with Gasteiger partial charge in [-0.3, -0.25) is 26.6 Å². The number of methoxy groups -OCH3 is 2. The highest BCUT2D eigenvalue weighted by Gasteiger charge is 2.67. The van der Waals surface area contributed by atoms with Gasteiger partial charge in [0.1, 0.15) is 48.0 Å². The van der Waals surface area contributed by atoms with Crippen molar-refractivity contribution in [3.05, 3.63) is 68.1 Å². The Morgan fingerprint density at radius 3 is 1.11 bits per heavy atom. The summed E-state index contributed by atoms with van der Waals surface area (Å²) in [4.78, 5) is 40.4. The van der Waals surface area contributed by atoms with Crippen LogP contribution in [-0.2, 0) is 39.5 Å². The summed E-state index contributed by atoms with van der Waals surface area (Å²) in [5, 5.41) is 0. The minimum absolute atomic E-state index is 0. The van der Waals surface area contributed by atoms with Crippen molar-refractivity contribution in [1.82, 2.24) is 22.1 Å². The lowest BCUT2D eigenvalue weighted by atomic mass is 9.93. The first-order valence-electron chi connectivity index (χ1n) is 23.4. The molecule has 2 atom stereocenters. The van der Waals surface area contributed by atoms with Crippen molar-refractivity contribution in [1.29, 1.82) is 0 Å². The number of amidine groups is 2. The molecule has 0 spiro atoms. The summed E-state index contributed by atoms with van der Waals surface area (Å²) in [6.07, 6.45) is 17.1. The summed E-state index contributed by atoms with van der Waals surface area (Å²) < 4.78 is 64.4. The highest BCUT2D eigenvalue weighted by atomic mass is 79.9. The van der Waals surface area contributed by atoms with E-state index in [1.54, 1.807) is 38.5 Å². The monoisotopic (exact) mass is 1260 g/mol. The lowest BCUT2D eigenvalue weighted by Gasteiger charge is -2.81. The summed E-state index contributed by atoms with van der Waals surface area (Å²) in [6.45, 7) is 24.6. The van der Waals surface area contributed by atoms with Crippen molar-refractivity contribution in [3.8, 4) is 0 Å². The Balaban J connectivity index is -0.000000632. The van der Waals surface area contributed by atoms with E-state index in [1.807, 2.05) is 55.4 Å². The second-order valence-electron chi connectivity index (χ2n) is 27.0. The molecule has 2 aromatic rings. The summed E-state index contributed by atoms with van der Waals surface area (Å²) in [5.41, 5.74) is -2.27. The molecular weight excluding hydrogens is 1150 g/mol. The molecule has 2 heterocycles. The van der Waals surface area contributed by atoms with E-state index in [0.29, 0.717) is 60.7 Å². The molecule has 10 N–H and O–H groups in total. The van der Waals surface area contributed by atoms with Crippen LogP contribution in [0.4, 0.5) is 18.4 Å². The Morgan fingerprint density at radius 1 is 0.579 bits per heavy atom. The van der Waals surface area contributed by atoms with Crippen molar-refractivity contribution in [2.24, 2.45) is 9.98 Å². The Labute approximate surface area is 472 Å². The van der Waals surface area contributed by atoms with Crippen LogP contribution in [0, 0.1) is 11.6 Å². The van der Waals surface area contributed by atoms with Crippen LogP contribution in [0.15, 0.2) is 55.3 Å². The summed E-state index contributed by atoms with van der Waals surface area (Å²) in [5.74, 6) is 1.70. The van der Waals surface area contributed by atoms with E-state index in [0.717, 1.165) is 8.95 Å². The van der Waals surface area contributed by atoms with Gasteiger partial charge in [0.2, 0.25) is 0 Å². The van der Waals surface area contributed by atoms with Crippen LogP contribution in [-0.4, -0.2) is 181 Å². The molecule has 2 aliphatic heterocycles. The van der Waals surface area contributed by atoms with Crippen LogP contribution in [0.2, 0.25) is 0 Å². The van der Waals surface area contributed by atoms with Crippen molar-refractivity contribution >= 4 is 72.3 Å². The lowest BCUT2D eigenvalue weighted by Crippen LogP contribution is -2.67. The van der Waals surface area contributed by atoms with Gasteiger partial charge in [-0.1, -0.05) is 46.7 Å². The zero-order valence-electron chi connectivity index (χ0n) is 48.9. The molecular formula is C54H106Br2F2N6O10S2. The SMILES string of the molecule is C.C.COCCOCN(C(=O)OC(C)(C)C)C1=N[C@](C)(c2cc(Br)ccc2F)CS(C)(C)(C)(C)C1(C)C.COCCOCN(C(=O)OC(C)(C)C)C1=N[C@](C)(c2cc(Br)ccc2F)CS(C)(C)(C)(C)C1(C)C.N.N.O.O. The van der Waals surface area contributed by atoms with Gasteiger partial charge in [-0.2, -0.15) is 0 Å². The largest absolute Gasteiger partial charge is 0.443 e. The van der Waals surface area contributed by atoms with Crippen LogP contribution < -0.4 is 12.3 Å². The first kappa shape index (κ1) is 80.0. The fraction of sp³-hybridized carbons (Fsp3) is 0.704. The van der Waals surface area contributed by atoms with Gasteiger partial charge < -0.3 is 51.7 Å². The van der Waals surface area contributed by atoms with Gasteiger partial charge >= 0.3 is 12.2 Å². The average Bonchev–Trinajstić information content (AvgIpc) is 3.15. The standard InChI is InChI=1S/2C26H44BrFN2O4S.2CH4.2H3N.2H2O/c2*1-24(2,3)34-23(31)30(18-33-15-14-32-7)22-25(4,5)35(8,9,10,11)17-26(6,29-22)20-16-19(27)12-13-21(20)28;;;;;;/h2*12-13,16H,14-15,17-18H2,1-11H3;2*1H4;2*1H3;2*1H2/t2*26-;;;;;;/m00....../s1. The maximum Gasteiger partial charge on any atom is 0.417 e. The predicted octanol–water partition coefficient (Wildman–Crippen LogP) is 12.4. The highest BCUT2D eigenvalue weighted by Crippen LogP contribution is 2.90.